The number of nitrogens with one attached hydrogen (secondary N) is 1. The van der Waals surface area contributed by atoms with Gasteiger partial charge in [0.1, 0.15) is 0 Å². The first-order chi connectivity index (χ1) is 10.0. The second kappa shape index (κ2) is 6.75. The molecule has 4 nitrogen and oxygen atoms in total. The minimum Gasteiger partial charge on any atom is -0.381 e. The highest BCUT2D eigenvalue weighted by atomic mass is 35.5. The Balaban J connectivity index is 0.00000176. The molecule has 3 N–H and O–H groups in total. The average molecular weight is 345 g/mol. The highest BCUT2D eigenvalue weighted by Crippen LogP contribution is 2.47. The number of nitrogens with two attached hydrogens (primary N) is 1. The van der Waals surface area contributed by atoms with Crippen LogP contribution in [0.15, 0.2) is 24.3 Å². The lowest BCUT2D eigenvalue weighted by Gasteiger charge is -2.32. The number of hydrogen-bond acceptors (Lipinski definition) is 3. The summed E-state index contributed by atoms with van der Waals surface area (Å²) in [4.78, 5) is 12.4. The van der Waals surface area contributed by atoms with Crippen molar-refractivity contribution in [1.82, 2.24) is 5.32 Å². The van der Waals surface area contributed by atoms with Crippen LogP contribution in [0, 0.1) is 0 Å². The fourth-order valence-electron chi connectivity index (χ4n) is 2.91. The van der Waals surface area contributed by atoms with Crippen molar-refractivity contribution in [3.8, 4) is 0 Å². The molecule has 1 amide bonds. The summed E-state index contributed by atoms with van der Waals surface area (Å²) in [6, 6.07) is 7.91. The van der Waals surface area contributed by atoms with Crippen LogP contribution in [0.2, 0.25) is 5.02 Å². The summed E-state index contributed by atoms with van der Waals surface area (Å²) in [6.45, 7) is 1.77. The van der Waals surface area contributed by atoms with Crippen molar-refractivity contribution in [1.29, 1.82) is 0 Å². The predicted molar refractivity (Wildman–Crippen MR) is 89.6 cm³/mol. The van der Waals surface area contributed by atoms with Crippen LogP contribution in [-0.4, -0.2) is 31.2 Å². The van der Waals surface area contributed by atoms with Gasteiger partial charge in [0, 0.05) is 30.2 Å². The first-order valence-electron chi connectivity index (χ1n) is 7.45. The second-order valence-electron chi connectivity index (χ2n) is 6.24. The Morgan fingerprint density at radius 1 is 1.18 bits per heavy atom. The lowest BCUT2D eigenvalue weighted by molar-refractivity contribution is -0.129. The third-order valence-corrected chi connectivity index (χ3v) is 4.99. The summed E-state index contributed by atoms with van der Waals surface area (Å²) in [5.74, 6) is -0.0500. The number of amides is 1. The van der Waals surface area contributed by atoms with Gasteiger partial charge in [0.25, 0.3) is 0 Å². The van der Waals surface area contributed by atoms with Crippen LogP contribution in [0.1, 0.15) is 31.2 Å². The van der Waals surface area contributed by atoms with Gasteiger partial charge in [-0.3, -0.25) is 4.79 Å². The summed E-state index contributed by atoms with van der Waals surface area (Å²) in [5, 5.41) is 3.79. The third-order valence-electron chi connectivity index (χ3n) is 4.73. The van der Waals surface area contributed by atoms with Gasteiger partial charge in [0.2, 0.25) is 5.91 Å². The summed E-state index contributed by atoms with van der Waals surface area (Å²) >= 11 is 5.93. The van der Waals surface area contributed by atoms with E-state index in [0.29, 0.717) is 32.6 Å². The lowest BCUT2D eigenvalue weighted by Crippen LogP contribution is -2.57. The molecule has 3 rings (SSSR count). The fraction of sp³-hybridized carbons (Fsp3) is 0.562. The SMILES string of the molecule is Cl.NC1(C(=O)NCC2(c3ccc(Cl)cc3)CC2)CCOCC1. The maximum atomic E-state index is 12.4. The van der Waals surface area contributed by atoms with E-state index < -0.39 is 5.54 Å². The van der Waals surface area contributed by atoms with Crippen LogP contribution < -0.4 is 11.1 Å². The standard InChI is InChI=1S/C16H21ClN2O2.ClH/c17-13-3-1-12(2-4-13)15(5-6-15)11-19-14(20)16(18)7-9-21-10-8-16;/h1-4H,5-11,18H2,(H,19,20);1H. The lowest BCUT2D eigenvalue weighted by atomic mass is 9.89. The summed E-state index contributed by atoms with van der Waals surface area (Å²) in [6.07, 6.45) is 3.37. The Bertz CT molecular complexity index is 523. The predicted octanol–water partition coefficient (Wildman–Crippen LogP) is 2.42. The average Bonchev–Trinajstić information content (AvgIpc) is 3.27. The molecule has 0 aromatic heterocycles. The van der Waals surface area contributed by atoms with E-state index in [9.17, 15) is 4.79 Å². The van der Waals surface area contributed by atoms with Crippen LogP contribution in [-0.2, 0) is 14.9 Å². The Morgan fingerprint density at radius 2 is 1.77 bits per heavy atom. The van der Waals surface area contributed by atoms with Crippen LogP contribution in [0.3, 0.4) is 0 Å². The van der Waals surface area contributed by atoms with Gasteiger partial charge in [0.15, 0.2) is 0 Å². The first-order valence-corrected chi connectivity index (χ1v) is 7.83. The highest BCUT2D eigenvalue weighted by Gasteiger charge is 2.45. The van der Waals surface area contributed by atoms with Crippen LogP contribution in [0.25, 0.3) is 0 Å². The zero-order chi connectivity index (χ0) is 14.9. The molecule has 1 aromatic rings. The largest absolute Gasteiger partial charge is 0.381 e. The van der Waals surface area contributed by atoms with E-state index in [1.165, 1.54) is 5.56 Å². The molecule has 2 aliphatic rings. The Labute approximate surface area is 142 Å². The molecule has 1 aromatic carbocycles. The van der Waals surface area contributed by atoms with Crippen molar-refractivity contribution >= 4 is 29.9 Å². The number of carbonyl (C=O) groups is 1. The zero-order valence-corrected chi connectivity index (χ0v) is 14.0. The molecule has 0 radical (unpaired) electrons. The molecular weight excluding hydrogens is 323 g/mol. The Kier molecular flexibility index (Phi) is 5.38. The van der Waals surface area contributed by atoms with E-state index in [2.05, 4.69) is 5.32 Å². The molecule has 0 bridgehead atoms. The Hall–Kier alpha value is -0.810. The van der Waals surface area contributed by atoms with Crippen molar-refractivity contribution in [2.24, 2.45) is 5.73 Å². The number of rotatable bonds is 4. The van der Waals surface area contributed by atoms with Gasteiger partial charge in [-0.25, -0.2) is 0 Å². The molecule has 2 fully saturated rings. The van der Waals surface area contributed by atoms with Gasteiger partial charge in [-0.15, -0.1) is 12.4 Å². The maximum absolute atomic E-state index is 12.4. The van der Waals surface area contributed by atoms with Crippen molar-refractivity contribution in [3.63, 3.8) is 0 Å². The minimum absolute atomic E-state index is 0. The van der Waals surface area contributed by atoms with Crippen LogP contribution in [0.5, 0.6) is 0 Å². The number of halogens is 2. The zero-order valence-electron chi connectivity index (χ0n) is 12.4. The topological polar surface area (TPSA) is 64.4 Å². The molecule has 1 saturated carbocycles. The molecule has 0 unspecified atom stereocenters. The van der Waals surface area contributed by atoms with E-state index in [4.69, 9.17) is 22.1 Å². The van der Waals surface area contributed by atoms with E-state index in [0.717, 1.165) is 17.9 Å². The van der Waals surface area contributed by atoms with Crippen molar-refractivity contribution in [3.05, 3.63) is 34.9 Å². The normalized spacial score (nSPS) is 21.5. The molecule has 1 saturated heterocycles. The van der Waals surface area contributed by atoms with Crippen molar-refractivity contribution in [2.75, 3.05) is 19.8 Å². The van der Waals surface area contributed by atoms with Gasteiger partial charge in [-0.2, -0.15) is 0 Å². The number of benzene rings is 1. The number of hydrogen-bond donors (Lipinski definition) is 2. The van der Waals surface area contributed by atoms with Gasteiger partial charge in [-0.05, 0) is 43.4 Å². The monoisotopic (exact) mass is 344 g/mol. The molecule has 0 atom stereocenters. The van der Waals surface area contributed by atoms with Gasteiger partial charge < -0.3 is 15.8 Å². The van der Waals surface area contributed by atoms with Crippen molar-refractivity contribution in [2.45, 2.75) is 36.6 Å². The molecule has 1 aliphatic carbocycles. The molecule has 0 spiro atoms. The van der Waals surface area contributed by atoms with E-state index in [1.807, 2.05) is 24.3 Å². The maximum Gasteiger partial charge on any atom is 0.240 e. The molecule has 1 heterocycles. The molecular formula is C16H22Cl2N2O2. The van der Waals surface area contributed by atoms with Crippen LogP contribution >= 0.6 is 24.0 Å². The first kappa shape index (κ1) is 17.5. The smallest absolute Gasteiger partial charge is 0.240 e. The summed E-state index contributed by atoms with van der Waals surface area (Å²) in [7, 11) is 0. The molecule has 1 aliphatic heterocycles. The fourth-order valence-corrected chi connectivity index (χ4v) is 3.04. The Morgan fingerprint density at radius 3 is 2.32 bits per heavy atom. The van der Waals surface area contributed by atoms with Gasteiger partial charge in [-0.1, -0.05) is 23.7 Å². The highest BCUT2D eigenvalue weighted by molar-refractivity contribution is 6.30. The van der Waals surface area contributed by atoms with E-state index >= 15 is 0 Å². The van der Waals surface area contributed by atoms with Crippen molar-refractivity contribution < 1.29 is 9.53 Å². The van der Waals surface area contributed by atoms with Gasteiger partial charge in [0.05, 0.1) is 5.54 Å². The minimum atomic E-state index is -0.770. The summed E-state index contributed by atoms with van der Waals surface area (Å²) < 4.78 is 5.28. The molecule has 6 heteroatoms. The summed E-state index contributed by atoms with van der Waals surface area (Å²) in [5.41, 5.74) is 6.74. The number of ether oxygens (including phenoxy) is 1. The third kappa shape index (κ3) is 3.57. The van der Waals surface area contributed by atoms with E-state index in [1.54, 1.807) is 0 Å². The second-order valence-corrected chi connectivity index (χ2v) is 6.67. The molecule has 122 valence electrons. The van der Waals surface area contributed by atoms with Gasteiger partial charge >= 0.3 is 0 Å². The molecule has 22 heavy (non-hydrogen) atoms. The number of carbonyl (C=O) groups excluding carboxylic acids is 1. The quantitative estimate of drug-likeness (QED) is 0.881. The van der Waals surface area contributed by atoms with E-state index in [-0.39, 0.29) is 23.7 Å². The van der Waals surface area contributed by atoms with Crippen LogP contribution in [0.4, 0.5) is 0 Å².